The van der Waals surface area contributed by atoms with E-state index < -0.39 is 0 Å². The summed E-state index contributed by atoms with van der Waals surface area (Å²) < 4.78 is 2.03. The zero-order valence-corrected chi connectivity index (χ0v) is 14.7. The molecule has 1 fully saturated rings. The van der Waals surface area contributed by atoms with Crippen molar-refractivity contribution in [3.63, 3.8) is 0 Å². The number of carbonyl (C=O) groups is 1. The molecule has 2 aliphatic heterocycles. The second-order valence-electron chi connectivity index (χ2n) is 7.14. The minimum absolute atomic E-state index is 0.0758. The molecule has 1 amide bonds. The second kappa shape index (κ2) is 6.86. The van der Waals surface area contributed by atoms with Crippen molar-refractivity contribution < 1.29 is 4.79 Å². The number of fused-ring (bicyclic) bond motifs is 1. The molecule has 0 N–H and O–H groups in total. The van der Waals surface area contributed by atoms with E-state index in [9.17, 15) is 4.79 Å². The number of likely N-dealkylation sites (tertiary alicyclic amines) is 1. The van der Waals surface area contributed by atoms with Crippen LogP contribution in [0.4, 0.5) is 5.69 Å². The lowest BCUT2D eigenvalue weighted by Crippen LogP contribution is -2.48. The molecule has 1 aromatic carbocycles. The first-order chi connectivity index (χ1) is 12.2. The molecule has 1 saturated heterocycles. The number of carbonyl (C=O) groups excluding carboxylic acids is 1. The molecular formula is C19H25N5O. The van der Waals surface area contributed by atoms with E-state index >= 15 is 0 Å². The number of anilines is 1. The molecule has 132 valence electrons. The Morgan fingerprint density at radius 3 is 2.68 bits per heavy atom. The predicted molar refractivity (Wildman–Crippen MR) is 96.3 cm³/mol. The third-order valence-corrected chi connectivity index (χ3v) is 5.67. The van der Waals surface area contributed by atoms with Gasteiger partial charge in [0.1, 0.15) is 12.2 Å². The molecule has 0 spiro atoms. The van der Waals surface area contributed by atoms with Gasteiger partial charge in [0, 0.05) is 44.8 Å². The van der Waals surface area contributed by atoms with Gasteiger partial charge in [-0.05, 0) is 31.4 Å². The third-order valence-electron chi connectivity index (χ3n) is 5.67. The largest absolute Gasteiger partial charge is 0.371 e. The fraction of sp³-hybridized carbons (Fsp3) is 0.526. The number of hydrogen-bond acceptors (Lipinski definition) is 4. The average molecular weight is 339 g/mol. The summed E-state index contributed by atoms with van der Waals surface area (Å²) >= 11 is 0. The van der Waals surface area contributed by atoms with E-state index in [1.54, 1.807) is 6.33 Å². The van der Waals surface area contributed by atoms with Crippen LogP contribution in [-0.4, -0.2) is 51.8 Å². The summed E-state index contributed by atoms with van der Waals surface area (Å²) in [6, 6.07) is 11.0. The van der Waals surface area contributed by atoms with Crippen LogP contribution >= 0.6 is 0 Å². The highest BCUT2D eigenvalue weighted by atomic mass is 16.2. The van der Waals surface area contributed by atoms with Crippen LogP contribution in [0.1, 0.15) is 25.1 Å². The van der Waals surface area contributed by atoms with E-state index in [0.717, 1.165) is 51.1 Å². The van der Waals surface area contributed by atoms with Gasteiger partial charge >= 0.3 is 0 Å². The minimum Gasteiger partial charge on any atom is -0.371 e. The van der Waals surface area contributed by atoms with Crippen LogP contribution in [0.2, 0.25) is 0 Å². The Labute approximate surface area is 148 Å². The van der Waals surface area contributed by atoms with Crippen LogP contribution in [-0.2, 0) is 17.8 Å². The highest BCUT2D eigenvalue weighted by Crippen LogP contribution is 2.25. The lowest BCUT2D eigenvalue weighted by atomic mass is 9.95. The van der Waals surface area contributed by atoms with Crippen LogP contribution in [0.3, 0.4) is 0 Å². The quantitative estimate of drug-likeness (QED) is 0.858. The molecule has 1 aromatic heterocycles. The number of para-hydroxylation sites is 1. The molecule has 0 bridgehead atoms. The zero-order chi connectivity index (χ0) is 17.2. The molecule has 2 aromatic rings. The monoisotopic (exact) mass is 339 g/mol. The summed E-state index contributed by atoms with van der Waals surface area (Å²) in [6.45, 7) is 2.43. The summed E-state index contributed by atoms with van der Waals surface area (Å²) in [6.07, 6.45) is 5.55. The van der Waals surface area contributed by atoms with Crippen LogP contribution < -0.4 is 4.90 Å². The Morgan fingerprint density at radius 2 is 1.92 bits per heavy atom. The van der Waals surface area contributed by atoms with Gasteiger partial charge in [-0.1, -0.05) is 18.2 Å². The molecule has 25 heavy (non-hydrogen) atoms. The van der Waals surface area contributed by atoms with Crippen molar-refractivity contribution in [3.05, 3.63) is 42.5 Å². The van der Waals surface area contributed by atoms with E-state index in [4.69, 9.17) is 0 Å². The molecule has 0 saturated carbocycles. The molecule has 2 aliphatic rings. The first-order valence-electron chi connectivity index (χ1n) is 9.15. The van der Waals surface area contributed by atoms with Crippen LogP contribution in [0.25, 0.3) is 0 Å². The SMILES string of the molecule is CN(c1ccccc1)C1CCN(C(=O)C2CCc3nncn3C2)CC1. The fourth-order valence-corrected chi connectivity index (χ4v) is 4.06. The van der Waals surface area contributed by atoms with Crippen molar-refractivity contribution in [1.82, 2.24) is 19.7 Å². The number of aryl methyl sites for hydroxylation is 1. The van der Waals surface area contributed by atoms with Gasteiger partial charge < -0.3 is 14.4 Å². The van der Waals surface area contributed by atoms with Crippen molar-refractivity contribution in [2.45, 2.75) is 38.3 Å². The highest BCUT2D eigenvalue weighted by molar-refractivity contribution is 5.79. The van der Waals surface area contributed by atoms with Gasteiger partial charge in [0.25, 0.3) is 0 Å². The van der Waals surface area contributed by atoms with Gasteiger partial charge in [0.2, 0.25) is 5.91 Å². The number of piperidine rings is 1. The fourth-order valence-electron chi connectivity index (χ4n) is 4.06. The van der Waals surface area contributed by atoms with Crippen molar-refractivity contribution in [2.75, 3.05) is 25.0 Å². The standard InChI is InChI=1S/C19H25N5O/c1-22(16-5-3-2-4-6-16)17-9-11-23(12-10-17)19(25)15-7-8-18-21-20-14-24(18)13-15/h2-6,14-15,17H,7-13H2,1H3. The molecule has 1 atom stereocenters. The smallest absolute Gasteiger partial charge is 0.227 e. The Morgan fingerprint density at radius 1 is 1.16 bits per heavy atom. The van der Waals surface area contributed by atoms with Gasteiger partial charge in [-0.3, -0.25) is 4.79 Å². The summed E-state index contributed by atoms with van der Waals surface area (Å²) in [5, 5.41) is 8.05. The van der Waals surface area contributed by atoms with Gasteiger partial charge in [-0.25, -0.2) is 0 Å². The Bertz CT molecular complexity index is 720. The van der Waals surface area contributed by atoms with Crippen LogP contribution in [0.5, 0.6) is 0 Å². The van der Waals surface area contributed by atoms with Gasteiger partial charge in [0.15, 0.2) is 0 Å². The van der Waals surface area contributed by atoms with E-state index in [-0.39, 0.29) is 5.92 Å². The molecule has 6 heteroatoms. The maximum Gasteiger partial charge on any atom is 0.227 e. The molecule has 6 nitrogen and oxygen atoms in total. The Balaban J connectivity index is 1.33. The van der Waals surface area contributed by atoms with E-state index in [2.05, 4.69) is 51.3 Å². The number of hydrogen-bond donors (Lipinski definition) is 0. The lowest BCUT2D eigenvalue weighted by Gasteiger charge is -2.39. The maximum absolute atomic E-state index is 12.9. The van der Waals surface area contributed by atoms with Crippen molar-refractivity contribution in [3.8, 4) is 0 Å². The van der Waals surface area contributed by atoms with Crippen molar-refractivity contribution >= 4 is 11.6 Å². The average Bonchev–Trinajstić information content (AvgIpc) is 3.15. The van der Waals surface area contributed by atoms with E-state index in [0.29, 0.717) is 11.9 Å². The summed E-state index contributed by atoms with van der Waals surface area (Å²) in [7, 11) is 2.16. The van der Waals surface area contributed by atoms with Gasteiger partial charge in [-0.2, -0.15) is 0 Å². The first-order valence-corrected chi connectivity index (χ1v) is 9.15. The van der Waals surface area contributed by atoms with E-state index in [1.165, 1.54) is 5.69 Å². The third kappa shape index (κ3) is 3.25. The molecule has 4 rings (SSSR count). The maximum atomic E-state index is 12.9. The first kappa shape index (κ1) is 16.1. The summed E-state index contributed by atoms with van der Waals surface area (Å²) in [4.78, 5) is 17.3. The number of amides is 1. The van der Waals surface area contributed by atoms with Crippen molar-refractivity contribution in [2.24, 2.45) is 5.92 Å². The normalized spacial score (nSPS) is 21.0. The van der Waals surface area contributed by atoms with Crippen LogP contribution in [0, 0.1) is 5.92 Å². The number of aromatic nitrogens is 3. The summed E-state index contributed by atoms with van der Waals surface area (Å²) in [5.41, 5.74) is 1.25. The molecule has 1 unspecified atom stereocenters. The lowest BCUT2D eigenvalue weighted by molar-refractivity contribution is -0.137. The topological polar surface area (TPSA) is 54.3 Å². The summed E-state index contributed by atoms with van der Waals surface area (Å²) in [5.74, 6) is 1.39. The minimum atomic E-state index is 0.0758. The number of nitrogens with zero attached hydrogens (tertiary/aromatic N) is 5. The van der Waals surface area contributed by atoms with Crippen LogP contribution in [0.15, 0.2) is 36.7 Å². The number of benzene rings is 1. The van der Waals surface area contributed by atoms with Gasteiger partial charge in [-0.15, -0.1) is 10.2 Å². The molecule has 0 radical (unpaired) electrons. The highest BCUT2D eigenvalue weighted by Gasteiger charge is 2.32. The zero-order valence-electron chi connectivity index (χ0n) is 14.7. The molecular weight excluding hydrogens is 314 g/mol. The molecule has 0 aliphatic carbocycles. The van der Waals surface area contributed by atoms with Gasteiger partial charge in [0.05, 0.1) is 5.92 Å². The molecule has 3 heterocycles. The van der Waals surface area contributed by atoms with E-state index in [1.807, 2.05) is 10.6 Å². The Kier molecular flexibility index (Phi) is 4.42. The Hall–Kier alpha value is -2.37. The number of rotatable bonds is 3. The predicted octanol–water partition coefficient (Wildman–Crippen LogP) is 1.97. The van der Waals surface area contributed by atoms with Crippen molar-refractivity contribution in [1.29, 1.82) is 0 Å². The second-order valence-corrected chi connectivity index (χ2v) is 7.14.